The van der Waals surface area contributed by atoms with Gasteiger partial charge in [0, 0.05) is 12.1 Å². The van der Waals surface area contributed by atoms with E-state index in [1.165, 1.54) is 17.0 Å². The molecule has 1 amide bonds. The fraction of sp³-hybridized carbons (Fsp3) is 0.407. The average Bonchev–Trinajstić information content (AvgIpc) is 3.03. The molecule has 0 aromatic heterocycles. The van der Waals surface area contributed by atoms with Gasteiger partial charge in [-0.15, -0.1) is 0 Å². The number of hydrogen-bond acceptors (Lipinski definition) is 5. The van der Waals surface area contributed by atoms with Crippen molar-refractivity contribution in [3.63, 3.8) is 0 Å². The Morgan fingerprint density at radius 2 is 1.82 bits per heavy atom. The van der Waals surface area contributed by atoms with E-state index in [2.05, 4.69) is 13.8 Å². The molecule has 2 aromatic rings. The van der Waals surface area contributed by atoms with E-state index in [1.54, 1.807) is 30.3 Å². The molecule has 7 heteroatoms. The maximum atomic E-state index is 13.6. The van der Waals surface area contributed by atoms with Crippen LogP contribution in [0.25, 0.3) is 5.76 Å². The monoisotopic (exact) mass is 468 g/mol. The lowest BCUT2D eigenvalue weighted by molar-refractivity contribution is -0.139. The first-order chi connectivity index (χ1) is 16.1. The topological polar surface area (TPSA) is 70.1 Å². The van der Waals surface area contributed by atoms with Gasteiger partial charge in [-0.25, -0.2) is 4.39 Å². The highest BCUT2D eigenvalue weighted by Gasteiger charge is 2.45. The van der Waals surface area contributed by atoms with Gasteiger partial charge in [0.05, 0.1) is 18.2 Å². The summed E-state index contributed by atoms with van der Waals surface area (Å²) >= 11 is 0. The van der Waals surface area contributed by atoms with Gasteiger partial charge < -0.3 is 19.6 Å². The second kappa shape index (κ2) is 10.8. The van der Waals surface area contributed by atoms with Gasteiger partial charge in [0.2, 0.25) is 0 Å². The fourth-order valence-corrected chi connectivity index (χ4v) is 4.03. The molecule has 6 nitrogen and oxygen atoms in total. The number of ether oxygens (including phenoxy) is 1. The van der Waals surface area contributed by atoms with Gasteiger partial charge in [-0.3, -0.25) is 9.59 Å². The van der Waals surface area contributed by atoms with E-state index >= 15 is 0 Å². The van der Waals surface area contributed by atoms with Crippen LogP contribution in [0, 0.1) is 18.7 Å². The zero-order chi connectivity index (χ0) is 25.0. The minimum absolute atomic E-state index is 0.0108. The molecule has 1 heterocycles. The molecule has 0 spiro atoms. The number of aryl methyl sites for hydroxylation is 1. The van der Waals surface area contributed by atoms with Crippen LogP contribution in [-0.2, 0) is 9.59 Å². The minimum atomic E-state index is -0.792. The number of carbonyl (C=O) groups is 2. The Morgan fingerprint density at radius 1 is 1.15 bits per heavy atom. The number of ketones is 1. The van der Waals surface area contributed by atoms with Crippen molar-refractivity contribution in [2.75, 3.05) is 33.8 Å². The fourth-order valence-electron chi connectivity index (χ4n) is 4.03. The lowest BCUT2D eigenvalue weighted by Gasteiger charge is -2.26. The normalized spacial score (nSPS) is 17.8. The Hall–Kier alpha value is -3.19. The van der Waals surface area contributed by atoms with Crippen molar-refractivity contribution in [2.24, 2.45) is 5.92 Å². The van der Waals surface area contributed by atoms with E-state index in [9.17, 15) is 19.1 Å². The van der Waals surface area contributed by atoms with Gasteiger partial charge in [0.15, 0.2) is 0 Å². The third kappa shape index (κ3) is 5.65. The van der Waals surface area contributed by atoms with Crippen LogP contribution >= 0.6 is 0 Å². The Bertz CT molecular complexity index is 1080. The Labute approximate surface area is 200 Å². The Morgan fingerprint density at radius 3 is 2.41 bits per heavy atom. The molecule has 1 saturated heterocycles. The number of likely N-dealkylation sites (tertiary alicyclic amines) is 1. The van der Waals surface area contributed by atoms with Crippen molar-refractivity contribution in [3.05, 3.63) is 70.5 Å². The average molecular weight is 469 g/mol. The van der Waals surface area contributed by atoms with Crippen molar-refractivity contribution in [3.8, 4) is 5.75 Å². The second-order valence-corrected chi connectivity index (χ2v) is 9.39. The lowest BCUT2D eigenvalue weighted by Crippen LogP contribution is -2.32. The first-order valence-corrected chi connectivity index (χ1v) is 11.5. The molecule has 1 N–H and O–H groups in total. The zero-order valence-electron chi connectivity index (χ0n) is 20.5. The highest BCUT2D eigenvalue weighted by molar-refractivity contribution is 6.46. The van der Waals surface area contributed by atoms with E-state index in [4.69, 9.17) is 4.74 Å². The number of hydrogen-bond donors (Lipinski definition) is 1. The van der Waals surface area contributed by atoms with Gasteiger partial charge in [0.25, 0.3) is 11.7 Å². The van der Waals surface area contributed by atoms with Crippen molar-refractivity contribution < 1.29 is 23.8 Å². The lowest BCUT2D eigenvalue weighted by atomic mass is 9.94. The molecular formula is C27H33FN2O4. The van der Waals surface area contributed by atoms with E-state index in [0.29, 0.717) is 42.4 Å². The summed E-state index contributed by atoms with van der Waals surface area (Å²) in [7, 11) is 3.87. The molecule has 182 valence electrons. The van der Waals surface area contributed by atoms with Crippen molar-refractivity contribution >= 4 is 17.4 Å². The largest absolute Gasteiger partial charge is 0.507 e. The number of aliphatic hydroxyl groups is 1. The standard InChI is InChI=1S/C27H33FN2O4/c1-17(2)16-34-22-12-9-20(15-18(22)3)25(31)23-24(19-7-10-21(28)11-8-19)30(27(33)26(23)32)14-6-13-29(4)5/h7-12,15,17,24,31H,6,13-14,16H2,1-5H3. The quantitative estimate of drug-likeness (QED) is 0.332. The molecule has 1 aliphatic heterocycles. The van der Waals surface area contributed by atoms with Gasteiger partial charge in [-0.1, -0.05) is 26.0 Å². The first-order valence-electron chi connectivity index (χ1n) is 11.5. The number of aliphatic hydroxyl groups excluding tert-OH is 1. The van der Waals surface area contributed by atoms with Crippen LogP contribution in [0.3, 0.4) is 0 Å². The van der Waals surface area contributed by atoms with E-state index in [1.807, 2.05) is 25.9 Å². The number of halogens is 1. The SMILES string of the molecule is Cc1cc(C(O)=C2C(=O)C(=O)N(CCCN(C)C)C2c2ccc(F)cc2)ccc1OCC(C)C. The molecule has 1 fully saturated rings. The summed E-state index contributed by atoms with van der Waals surface area (Å²) in [4.78, 5) is 29.5. The molecule has 1 atom stereocenters. The maximum absolute atomic E-state index is 13.6. The van der Waals surface area contributed by atoms with Gasteiger partial charge in [-0.05, 0) is 81.4 Å². The second-order valence-electron chi connectivity index (χ2n) is 9.39. The van der Waals surface area contributed by atoms with Crippen molar-refractivity contribution in [1.82, 2.24) is 9.80 Å². The molecule has 0 saturated carbocycles. The molecule has 1 aliphatic rings. The van der Waals surface area contributed by atoms with Crippen LogP contribution in [0.2, 0.25) is 0 Å². The third-order valence-electron chi connectivity index (χ3n) is 5.75. The molecule has 34 heavy (non-hydrogen) atoms. The summed E-state index contributed by atoms with van der Waals surface area (Å²) in [5.41, 5.74) is 1.81. The molecule has 3 rings (SSSR count). The molecule has 0 radical (unpaired) electrons. The molecule has 2 aromatic carbocycles. The van der Waals surface area contributed by atoms with Crippen LogP contribution in [-0.4, -0.2) is 60.4 Å². The predicted octanol–water partition coefficient (Wildman–Crippen LogP) is 4.54. The van der Waals surface area contributed by atoms with Crippen LogP contribution < -0.4 is 4.74 Å². The number of benzene rings is 2. The van der Waals surface area contributed by atoms with Crippen LogP contribution in [0.15, 0.2) is 48.0 Å². The molecule has 0 bridgehead atoms. The number of Topliss-reactive ketones (excluding diaryl/α,β-unsaturated/α-hetero) is 1. The summed E-state index contributed by atoms with van der Waals surface area (Å²) in [5, 5.41) is 11.2. The van der Waals surface area contributed by atoms with Crippen LogP contribution in [0.1, 0.15) is 43.0 Å². The predicted molar refractivity (Wildman–Crippen MR) is 130 cm³/mol. The first kappa shape index (κ1) is 25.4. The third-order valence-corrected chi connectivity index (χ3v) is 5.75. The zero-order valence-corrected chi connectivity index (χ0v) is 20.5. The van der Waals surface area contributed by atoms with Gasteiger partial charge in [-0.2, -0.15) is 0 Å². The molecule has 1 unspecified atom stereocenters. The highest BCUT2D eigenvalue weighted by Crippen LogP contribution is 2.40. The number of amides is 1. The van der Waals surface area contributed by atoms with E-state index in [-0.39, 0.29) is 11.3 Å². The van der Waals surface area contributed by atoms with Gasteiger partial charge in [0.1, 0.15) is 17.3 Å². The number of nitrogens with zero attached hydrogens (tertiary/aromatic N) is 2. The number of rotatable bonds is 9. The smallest absolute Gasteiger partial charge is 0.295 e. The summed E-state index contributed by atoms with van der Waals surface area (Å²) in [6.07, 6.45) is 0.652. The number of carbonyl (C=O) groups excluding carboxylic acids is 2. The summed E-state index contributed by atoms with van der Waals surface area (Å²) in [6.45, 7) is 7.61. The summed E-state index contributed by atoms with van der Waals surface area (Å²) in [5.74, 6) is -1.00. The maximum Gasteiger partial charge on any atom is 0.295 e. The van der Waals surface area contributed by atoms with Crippen molar-refractivity contribution in [1.29, 1.82) is 0 Å². The van der Waals surface area contributed by atoms with Gasteiger partial charge >= 0.3 is 0 Å². The highest BCUT2D eigenvalue weighted by atomic mass is 19.1. The van der Waals surface area contributed by atoms with Crippen molar-refractivity contribution in [2.45, 2.75) is 33.2 Å². The summed E-state index contributed by atoms with van der Waals surface area (Å²) < 4.78 is 19.4. The van der Waals surface area contributed by atoms with E-state index in [0.717, 1.165) is 12.1 Å². The van der Waals surface area contributed by atoms with Crippen LogP contribution in [0.4, 0.5) is 4.39 Å². The van der Waals surface area contributed by atoms with Crippen LogP contribution in [0.5, 0.6) is 5.75 Å². The molecular weight excluding hydrogens is 435 g/mol. The Kier molecular flexibility index (Phi) is 8.10. The minimum Gasteiger partial charge on any atom is -0.507 e. The molecule has 0 aliphatic carbocycles. The summed E-state index contributed by atoms with van der Waals surface area (Å²) in [6, 6.07) is 10.1. The van der Waals surface area contributed by atoms with E-state index < -0.39 is 23.5 Å². The Balaban J connectivity index is 2.03.